The molecule has 1 aliphatic rings. The highest BCUT2D eigenvalue weighted by Gasteiger charge is 2.22. The highest BCUT2D eigenvalue weighted by atomic mass is 16.3. The minimum atomic E-state index is -0.249. The molecular formula is C18H23NO. The van der Waals surface area contributed by atoms with Crippen LogP contribution in [-0.2, 0) is 12.8 Å². The summed E-state index contributed by atoms with van der Waals surface area (Å²) < 4.78 is 2.38. The molecule has 0 saturated heterocycles. The van der Waals surface area contributed by atoms with Crippen molar-refractivity contribution in [3.8, 4) is 0 Å². The molecule has 0 amide bonds. The average Bonchev–Trinajstić information content (AvgIpc) is 2.91. The minimum Gasteiger partial charge on any atom is -0.388 e. The van der Waals surface area contributed by atoms with Gasteiger partial charge in [0.15, 0.2) is 0 Å². The van der Waals surface area contributed by atoms with Crippen LogP contribution in [0.25, 0.3) is 0 Å². The number of hydrogen-bond acceptors (Lipinski definition) is 1. The number of aliphatic hydroxyl groups excluding tert-OH is 1. The van der Waals surface area contributed by atoms with Crippen LogP contribution in [0.15, 0.2) is 42.6 Å². The Morgan fingerprint density at radius 3 is 2.85 bits per heavy atom. The molecule has 0 spiro atoms. The smallest absolute Gasteiger partial charge is 0.0807 e. The van der Waals surface area contributed by atoms with Crippen molar-refractivity contribution in [2.45, 2.75) is 51.2 Å². The van der Waals surface area contributed by atoms with Gasteiger partial charge in [0.05, 0.1) is 6.10 Å². The first-order chi connectivity index (χ1) is 9.75. The molecule has 0 saturated carbocycles. The third-order valence-electron chi connectivity index (χ3n) is 4.48. The van der Waals surface area contributed by atoms with Gasteiger partial charge >= 0.3 is 0 Å². The van der Waals surface area contributed by atoms with E-state index < -0.39 is 0 Å². The molecule has 106 valence electrons. The van der Waals surface area contributed by atoms with E-state index >= 15 is 0 Å². The number of nitrogens with zero attached hydrogens (tertiary/aromatic N) is 1. The van der Waals surface area contributed by atoms with E-state index in [2.05, 4.69) is 54.1 Å². The highest BCUT2D eigenvalue weighted by molar-refractivity contribution is 5.28. The molecule has 0 bridgehead atoms. The van der Waals surface area contributed by atoms with E-state index in [1.807, 2.05) is 0 Å². The van der Waals surface area contributed by atoms with Gasteiger partial charge in [0.1, 0.15) is 0 Å². The number of hydrogen-bond donors (Lipinski definition) is 1. The molecule has 3 rings (SSSR count). The largest absolute Gasteiger partial charge is 0.388 e. The lowest BCUT2D eigenvalue weighted by atomic mass is 9.95. The predicted molar refractivity (Wildman–Crippen MR) is 81.8 cm³/mol. The van der Waals surface area contributed by atoms with Crippen molar-refractivity contribution >= 4 is 0 Å². The van der Waals surface area contributed by atoms with Crippen LogP contribution in [0, 0.1) is 0 Å². The lowest BCUT2D eigenvalue weighted by Gasteiger charge is -2.23. The average molecular weight is 269 g/mol. The van der Waals surface area contributed by atoms with Crippen LogP contribution in [0.3, 0.4) is 0 Å². The molecule has 1 heterocycles. The summed E-state index contributed by atoms with van der Waals surface area (Å²) in [5, 5.41) is 10.1. The molecule has 1 aromatic heterocycles. The number of benzene rings is 1. The zero-order valence-corrected chi connectivity index (χ0v) is 12.1. The van der Waals surface area contributed by atoms with E-state index in [4.69, 9.17) is 0 Å². The van der Waals surface area contributed by atoms with Crippen molar-refractivity contribution in [2.75, 3.05) is 0 Å². The molecule has 2 aromatic rings. The van der Waals surface area contributed by atoms with Crippen LogP contribution in [0.5, 0.6) is 0 Å². The van der Waals surface area contributed by atoms with Crippen LogP contribution in [-0.4, -0.2) is 9.67 Å². The molecule has 2 unspecified atom stereocenters. The third-order valence-corrected chi connectivity index (χ3v) is 4.48. The quantitative estimate of drug-likeness (QED) is 0.890. The number of rotatable bonds is 4. The number of fused-ring (bicyclic) bond motifs is 1. The third kappa shape index (κ3) is 2.66. The van der Waals surface area contributed by atoms with E-state index in [0.29, 0.717) is 6.04 Å². The van der Waals surface area contributed by atoms with Crippen molar-refractivity contribution in [2.24, 2.45) is 0 Å². The summed E-state index contributed by atoms with van der Waals surface area (Å²) in [6.45, 7) is 2.28. The predicted octanol–water partition coefficient (Wildman–Crippen LogP) is 4.05. The van der Waals surface area contributed by atoms with Gasteiger partial charge in [-0.2, -0.15) is 0 Å². The van der Waals surface area contributed by atoms with E-state index in [0.717, 1.165) is 37.7 Å². The Hall–Kier alpha value is -1.54. The molecule has 0 fully saturated rings. The zero-order chi connectivity index (χ0) is 13.9. The van der Waals surface area contributed by atoms with Crippen LogP contribution < -0.4 is 0 Å². The van der Waals surface area contributed by atoms with Crippen molar-refractivity contribution in [3.63, 3.8) is 0 Å². The summed E-state index contributed by atoms with van der Waals surface area (Å²) in [5.74, 6) is 0. The second-order valence-electron chi connectivity index (χ2n) is 5.91. The molecule has 1 N–H and O–H groups in total. The van der Waals surface area contributed by atoms with Crippen LogP contribution >= 0.6 is 0 Å². The topological polar surface area (TPSA) is 25.2 Å². The fourth-order valence-corrected chi connectivity index (χ4v) is 3.26. The Bertz CT molecular complexity index is 558. The van der Waals surface area contributed by atoms with Gasteiger partial charge < -0.3 is 9.67 Å². The summed E-state index contributed by atoms with van der Waals surface area (Å²) in [4.78, 5) is 0. The minimum absolute atomic E-state index is 0.249. The second-order valence-corrected chi connectivity index (χ2v) is 5.91. The summed E-state index contributed by atoms with van der Waals surface area (Å²) in [6.07, 6.45) is 7.28. The van der Waals surface area contributed by atoms with Gasteiger partial charge in [-0.3, -0.25) is 0 Å². The van der Waals surface area contributed by atoms with Gasteiger partial charge in [0.2, 0.25) is 0 Å². The Balaban J connectivity index is 1.70. The number of aryl methyl sites for hydroxylation is 1. The Morgan fingerprint density at radius 1 is 1.25 bits per heavy atom. The van der Waals surface area contributed by atoms with Crippen LogP contribution in [0.1, 0.15) is 55.2 Å². The fraction of sp³-hybridized carbons (Fsp3) is 0.444. The standard InChI is InChI=1S/C18H23NO/c1-14(10-11-15-6-3-2-4-7-15)19-13-12-16-17(19)8-5-9-18(16)20/h2-4,6-7,12-14,18,20H,5,8-11H2,1H3. The van der Waals surface area contributed by atoms with E-state index in [1.165, 1.54) is 11.3 Å². The van der Waals surface area contributed by atoms with Crippen molar-refractivity contribution in [1.82, 2.24) is 4.57 Å². The van der Waals surface area contributed by atoms with Crippen molar-refractivity contribution in [3.05, 3.63) is 59.4 Å². The Labute approximate surface area is 121 Å². The first-order valence-corrected chi connectivity index (χ1v) is 7.67. The van der Waals surface area contributed by atoms with Gasteiger partial charge in [-0.15, -0.1) is 0 Å². The maximum absolute atomic E-state index is 10.1. The SMILES string of the molecule is CC(CCc1ccccc1)n1ccc2c1CCCC2O. The zero-order valence-electron chi connectivity index (χ0n) is 12.1. The lowest BCUT2D eigenvalue weighted by molar-refractivity contribution is 0.155. The molecule has 0 aliphatic heterocycles. The summed E-state index contributed by atoms with van der Waals surface area (Å²) in [5.41, 5.74) is 3.91. The molecule has 20 heavy (non-hydrogen) atoms. The highest BCUT2D eigenvalue weighted by Crippen LogP contribution is 2.32. The van der Waals surface area contributed by atoms with Crippen LogP contribution in [0.4, 0.5) is 0 Å². The van der Waals surface area contributed by atoms with Gasteiger partial charge in [0.25, 0.3) is 0 Å². The second kappa shape index (κ2) is 5.84. The number of aliphatic hydroxyl groups is 1. The van der Waals surface area contributed by atoms with E-state index in [9.17, 15) is 5.11 Å². The summed E-state index contributed by atoms with van der Waals surface area (Å²) in [6, 6.07) is 13.3. The van der Waals surface area contributed by atoms with Gasteiger partial charge in [-0.25, -0.2) is 0 Å². The summed E-state index contributed by atoms with van der Waals surface area (Å²) >= 11 is 0. The molecule has 1 aromatic carbocycles. The van der Waals surface area contributed by atoms with Crippen LogP contribution in [0.2, 0.25) is 0 Å². The maximum Gasteiger partial charge on any atom is 0.0807 e. The molecular weight excluding hydrogens is 246 g/mol. The normalized spacial score (nSPS) is 19.6. The maximum atomic E-state index is 10.1. The molecule has 2 nitrogen and oxygen atoms in total. The lowest BCUT2D eigenvalue weighted by Crippen LogP contribution is -2.14. The van der Waals surface area contributed by atoms with Gasteiger partial charge in [0, 0.05) is 23.5 Å². The summed E-state index contributed by atoms with van der Waals surface area (Å²) in [7, 11) is 0. The van der Waals surface area contributed by atoms with E-state index in [1.54, 1.807) is 0 Å². The fourth-order valence-electron chi connectivity index (χ4n) is 3.26. The molecule has 2 atom stereocenters. The first kappa shape index (κ1) is 13.4. The molecule has 2 heteroatoms. The number of aromatic nitrogens is 1. The first-order valence-electron chi connectivity index (χ1n) is 7.67. The van der Waals surface area contributed by atoms with Crippen molar-refractivity contribution in [1.29, 1.82) is 0 Å². The van der Waals surface area contributed by atoms with Gasteiger partial charge in [-0.1, -0.05) is 30.3 Å². The monoisotopic (exact) mass is 269 g/mol. The molecule has 0 radical (unpaired) electrons. The molecule has 1 aliphatic carbocycles. The Morgan fingerprint density at radius 2 is 2.05 bits per heavy atom. The van der Waals surface area contributed by atoms with Gasteiger partial charge in [-0.05, 0) is 50.7 Å². The van der Waals surface area contributed by atoms with Crippen molar-refractivity contribution < 1.29 is 5.11 Å². The van der Waals surface area contributed by atoms with E-state index in [-0.39, 0.29) is 6.10 Å². The Kier molecular flexibility index (Phi) is 3.93.